The summed E-state index contributed by atoms with van der Waals surface area (Å²) in [5.74, 6) is 2.09. The summed E-state index contributed by atoms with van der Waals surface area (Å²) in [6.45, 7) is 46.7. The molecular formula is C121H242N8O6. The van der Waals surface area contributed by atoms with Gasteiger partial charge in [0.2, 0.25) is 11.8 Å². The van der Waals surface area contributed by atoms with Crippen LogP contribution in [-0.4, -0.2) is 220 Å². The zero-order valence-electron chi connectivity index (χ0n) is 93.4. The molecule has 2 heterocycles. The van der Waals surface area contributed by atoms with E-state index in [1.807, 2.05) is 0 Å². The number of ether oxygens (including phenoxy) is 2. The smallest absolute Gasteiger partial charge is 0.305 e. The van der Waals surface area contributed by atoms with Gasteiger partial charge in [0.25, 0.3) is 0 Å². The Labute approximate surface area is 844 Å². The van der Waals surface area contributed by atoms with Gasteiger partial charge in [-0.3, -0.25) is 29.0 Å². The van der Waals surface area contributed by atoms with E-state index in [4.69, 9.17) is 9.47 Å². The summed E-state index contributed by atoms with van der Waals surface area (Å²) in [5, 5.41) is 0. The molecule has 0 atom stereocenters. The van der Waals surface area contributed by atoms with Gasteiger partial charge in [0.05, 0.1) is 26.3 Å². The van der Waals surface area contributed by atoms with Crippen LogP contribution in [0.25, 0.3) is 0 Å². The number of hydrogen-bond acceptors (Lipinski definition) is 12. The van der Waals surface area contributed by atoms with Crippen molar-refractivity contribution < 1.29 is 28.7 Å². The molecular weight excluding hydrogens is 1660 g/mol. The van der Waals surface area contributed by atoms with Crippen LogP contribution in [0.5, 0.6) is 0 Å². The van der Waals surface area contributed by atoms with Gasteiger partial charge >= 0.3 is 11.9 Å². The first-order chi connectivity index (χ1) is 66.4. The fourth-order valence-corrected chi connectivity index (χ4v) is 20.8. The van der Waals surface area contributed by atoms with Crippen molar-refractivity contribution in [3.05, 3.63) is 0 Å². The Morgan fingerprint density at radius 1 is 0.193 bits per heavy atom. The van der Waals surface area contributed by atoms with Crippen LogP contribution in [0.4, 0.5) is 0 Å². The van der Waals surface area contributed by atoms with E-state index in [9.17, 15) is 19.2 Å². The molecule has 14 heteroatoms. The predicted molar refractivity (Wildman–Crippen MR) is 591 cm³/mol. The predicted octanol–water partition coefficient (Wildman–Crippen LogP) is 33.6. The minimum Gasteiger partial charge on any atom is -0.466 e. The molecule has 0 saturated carbocycles. The highest BCUT2D eigenvalue weighted by atomic mass is 16.5. The average molecular weight is 1910 g/mol. The second kappa shape index (κ2) is 104. The van der Waals surface area contributed by atoms with Gasteiger partial charge in [-0.05, 0) is 193 Å². The highest BCUT2D eigenvalue weighted by Crippen LogP contribution is 2.26. The molecule has 0 bridgehead atoms. The van der Waals surface area contributed by atoms with Gasteiger partial charge < -0.3 is 38.9 Å². The highest BCUT2D eigenvalue weighted by Gasteiger charge is 2.28. The average Bonchev–Trinajstić information content (AvgIpc) is 0.875. The molecule has 0 spiro atoms. The third kappa shape index (κ3) is 87.9. The summed E-state index contributed by atoms with van der Waals surface area (Å²) in [7, 11) is 0. The molecule has 2 fully saturated rings. The second-order valence-electron chi connectivity index (χ2n) is 43.4. The van der Waals surface area contributed by atoms with Gasteiger partial charge in [-0.25, -0.2) is 0 Å². The lowest BCUT2D eigenvalue weighted by Crippen LogP contribution is -2.46. The fourth-order valence-electron chi connectivity index (χ4n) is 20.8. The van der Waals surface area contributed by atoms with Gasteiger partial charge in [0.1, 0.15) is 0 Å². The molecule has 0 aromatic carbocycles. The van der Waals surface area contributed by atoms with E-state index in [0.717, 1.165) is 175 Å². The van der Waals surface area contributed by atoms with Crippen molar-refractivity contribution in [2.45, 2.75) is 589 Å². The molecule has 0 aromatic heterocycles. The minimum atomic E-state index is -0.0242. The maximum Gasteiger partial charge on any atom is 0.305 e. The van der Waals surface area contributed by atoms with E-state index in [2.05, 4.69) is 108 Å². The van der Waals surface area contributed by atoms with Gasteiger partial charge in [0, 0.05) is 78.3 Å². The van der Waals surface area contributed by atoms with Crippen molar-refractivity contribution in [3.63, 3.8) is 0 Å². The Hall–Kier alpha value is -2.36. The Balaban J connectivity index is 0.00000136. The van der Waals surface area contributed by atoms with Crippen molar-refractivity contribution in [2.75, 3.05) is 157 Å². The molecule has 2 aliphatic heterocycles. The largest absolute Gasteiger partial charge is 0.466 e. The highest BCUT2D eigenvalue weighted by molar-refractivity contribution is 5.79. The van der Waals surface area contributed by atoms with Crippen LogP contribution in [0.1, 0.15) is 589 Å². The lowest BCUT2D eigenvalue weighted by Gasteiger charge is -2.35. The van der Waals surface area contributed by atoms with Crippen molar-refractivity contribution in [1.29, 1.82) is 0 Å². The van der Waals surface area contributed by atoms with Gasteiger partial charge in [0.15, 0.2) is 0 Å². The summed E-state index contributed by atoms with van der Waals surface area (Å²) >= 11 is 0. The van der Waals surface area contributed by atoms with Gasteiger partial charge in [-0.1, -0.05) is 461 Å². The Bertz CT molecular complexity index is 2370. The first-order valence-electron chi connectivity index (χ1n) is 61.6. The first-order valence-corrected chi connectivity index (χ1v) is 61.6. The number of amides is 2. The standard InChI is InChI=1S/C65H130N4O3.C56H112N4O3/c1-6-11-16-21-26-27-28-29-30-35-39-42-51-66(55-46-61-72-65(71)47-41-36-31-22-17-12-7-2)56-48-63-49-57-69(58-50-63)64(70)62-68(54-45-40-34-25-20-15-10-5)60-59-67(52-43-37-32-23-18-13-8-3)53-44-38-33-24-19-14-9-4;1-6-11-16-20-24-28-33-42-57(46-37-52-63-56(62)38-32-15-10-5)47-39-54-40-48-60(49-41-54)55(61)53-59(45-36-31-27-23-19-14-9-4)51-50-58(43-34-29-25-21-17-12-7-2)44-35-30-26-22-18-13-8-3/h63H,6-62H2,1-5H3;54H,6-53H2,1-5H3. The normalized spacial score (nSPS) is 13.5. The minimum absolute atomic E-state index is 0.00196. The maximum atomic E-state index is 14.1. The molecule has 2 aliphatic rings. The van der Waals surface area contributed by atoms with Gasteiger partial charge in [-0.2, -0.15) is 0 Å². The third-order valence-corrected chi connectivity index (χ3v) is 30.4. The molecule has 14 nitrogen and oxygen atoms in total. The molecule has 0 radical (unpaired) electrons. The quantitative estimate of drug-likeness (QED) is 0.0427. The lowest BCUT2D eigenvalue weighted by molar-refractivity contribution is -0.144. The van der Waals surface area contributed by atoms with Crippen LogP contribution in [-0.2, 0) is 28.7 Å². The van der Waals surface area contributed by atoms with E-state index < -0.39 is 0 Å². The molecule has 2 saturated heterocycles. The lowest BCUT2D eigenvalue weighted by atomic mass is 9.93. The van der Waals surface area contributed by atoms with Gasteiger partial charge in [-0.15, -0.1) is 0 Å². The van der Waals surface area contributed by atoms with E-state index in [1.165, 1.54) is 463 Å². The number of piperidine rings is 2. The van der Waals surface area contributed by atoms with E-state index in [0.29, 0.717) is 62.8 Å². The van der Waals surface area contributed by atoms with Crippen LogP contribution in [0.15, 0.2) is 0 Å². The molecule has 802 valence electrons. The van der Waals surface area contributed by atoms with E-state index in [-0.39, 0.29) is 11.9 Å². The van der Waals surface area contributed by atoms with Crippen LogP contribution >= 0.6 is 0 Å². The molecule has 0 unspecified atom stereocenters. The van der Waals surface area contributed by atoms with E-state index >= 15 is 0 Å². The zero-order valence-corrected chi connectivity index (χ0v) is 93.4. The van der Waals surface area contributed by atoms with E-state index in [1.54, 1.807) is 0 Å². The Morgan fingerprint density at radius 2 is 0.356 bits per heavy atom. The summed E-state index contributed by atoms with van der Waals surface area (Å²) < 4.78 is 11.3. The zero-order chi connectivity index (χ0) is 97.7. The Kier molecular flexibility index (Phi) is 101. The summed E-state index contributed by atoms with van der Waals surface area (Å²) in [6, 6.07) is 0. The summed E-state index contributed by atoms with van der Waals surface area (Å²) in [4.78, 5) is 73.3. The number of carbonyl (C=O) groups is 4. The van der Waals surface area contributed by atoms with Crippen molar-refractivity contribution in [1.82, 2.24) is 39.2 Å². The maximum absolute atomic E-state index is 14.1. The first kappa shape index (κ1) is 131. The molecule has 0 N–H and O–H groups in total. The van der Waals surface area contributed by atoms with Crippen molar-refractivity contribution >= 4 is 23.8 Å². The number of carbonyl (C=O) groups excluding carboxylic acids is 4. The topological polar surface area (TPSA) is 113 Å². The van der Waals surface area contributed by atoms with Crippen molar-refractivity contribution in [3.8, 4) is 0 Å². The SMILES string of the molecule is CCCCCCCCCCCCCCN(CCCOC(=O)CCCCCCCCC)CCC1CCN(C(=O)CN(CCCCCCCCC)CCN(CCCCCCCCC)CCCCCCCCC)CC1.CCCCCCCCCN(CCCOC(=O)CCCCC)CCC1CCN(C(=O)CN(CCCCCCCCC)CCN(CCCCCCCCC)CCCCCCCCC)CC1. The number of nitrogens with zero attached hydrogens (tertiary/aromatic N) is 8. The van der Waals surface area contributed by atoms with Crippen molar-refractivity contribution in [2.24, 2.45) is 11.8 Å². The number of hydrogen-bond donors (Lipinski definition) is 0. The summed E-state index contributed by atoms with van der Waals surface area (Å²) in [5.41, 5.74) is 0. The third-order valence-electron chi connectivity index (χ3n) is 30.4. The molecule has 0 aromatic rings. The molecule has 2 amide bonds. The number of rotatable bonds is 105. The van der Waals surface area contributed by atoms with Crippen LogP contribution in [0.3, 0.4) is 0 Å². The number of esters is 2. The van der Waals surface area contributed by atoms with Crippen LogP contribution in [0, 0.1) is 11.8 Å². The Morgan fingerprint density at radius 3 is 0.578 bits per heavy atom. The van der Waals surface area contributed by atoms with Crippen LogP contribution < -0.4 is 0 Å². The second-order valence-corrected chi connectivity index (χ2v) is 43.4. The monoisotopic (exact) mass is 1900 g/mol. The molecule has 135 heavy (non-hydrogen) atoms. The number of unbranched alkanes of at least 4 members (excludes halogenated alkanes) is 61. The number of likely N-dealkylation sites (tertiary alicyclic amines) is 2. The summed E-state index contributed by atoms with van der Waals surface area (Å²) in [6.07, 6.45) is 104. The van der Waals surface area contributed by atoms with Crippen LogP contribution in [0.2, 0.25) is 0 Å². The molecule has 2 rings (SSSR count). The molecule has 0 aliphatic carbocycles. The fraction of sp³-hybridized carbons (Fsp3) is 0.967.